The van der Waals surface area contributed by atoms with Crippen LogP contribution in [0, 0.1) is 0 Å². The molecular formula is C18H13NO2S. The minimum atomic E-state index is 0.279. The van der Waals surface area contributed by atoms with Crippen LogP contribution in [-0.4, -0.2) is 10.1 Å². The molecule has 0 spiro atoms. The van der Waals surface area contributed by atoms with Crippen LogP contribution >= 0.6 is 11.3 Å². The Kier molecular flexibility index (Phi) is 3.16. The molecule has 0 radical (unpaired) electrons. The molecule has 0 unspecified atom stereocenters. The van der Waals surface area contributed by atoms with Crippen molar-refractivity contribution in [1.82, 2.24) is 4.98 Å². The number of phenols is 1. The molecule has 1 aliphatic heterocycles. The van der Waals surface area contributed by atoms with Gasteiger partial charge in [0, 0.05) is 27.8 Å². The molecule has 0 saturated carbocycles. The Labute approximate surface area is 132 Å². The smallest absolute Gasteiger partial charge is 0.222 e. The highest BCUT2D eigenvalue weighted by Crippen LogP contribution is 2.36. The summed E-state index contributed by atoms with van der Waals surface area (Å²) in [5, 5.41) is 12.1. The van der Waals surface area contributed by atoms with Crippen molar-refractivity contribution in [2.75, 3.05) is 0 Å². The maximum absolute atomic E-state index is 10.1. The van der Waals surface area contributed by atoms with Crippen LogP contribution in [0.3, 0.4) is 0 Å². The lowest BCUT2D eigenvalue weighted by atomic mass is 10.0. The van der Waals surface area contributed by atoms with E-state index in [0.29, 0.717) is 5.88 Å². The number of allylic oxidation sites excluding steroid dienone is 1. The van der Waals surface area contributed by atoms with Crippen molar-refractivity contribution >= 4 is 17.1 Å². The van der Waals surface area contributed by atoms with Gasteiger partial charge in [0.15, 0.2) is 0 Å². The van der Waals surface area contributed by atoms with Crippen molar-refractivity contribution in [3.63, 3.8) is 0 Å². The average molecular weight is 307 g/mol. The van der Waals surface area contributed by atoms with Crippen LogP contribution in [0.15, 0.2) is 60.1 Å². The Balaban J connectivity index is 1.73. The SMILES string of the molecule is Oc1ccc(C2=CCc3cccnc3O2)cc1-c1cccs1. The summed E-state index contributed by atoms with van der Waals surface area (Å²) in [6.07, 6.45) is 4.58. The second-order valence-electron chi connectivity index (χ2n) is 5.05. The van der Waals surface area contributed by atoms with E-state index in [9.17, 15) is 5.11 Å². The highest BCUT2D eigenvalue weighted by atomic mass is 32.1. The van der Waals surface area contributed by atoms with E-state index in [1.165, 1.54) is 0 Å². The predicted molar refractivity (Wildman–Crippen MR) is 88.0 cm³/mol. The van der Waals surface area contributed by atoms with Crippen LogP contribution in [0.25, 0.3) is 16.2 Å². The number of rotatable bonds is 2. The molecule has 3 aromatic rings. The summed E-state index contributed by atoms with van der Waals surface area (Å²) in [5.41, 5.74) is 2.85. The largest absolute Gasteiger partial charge is 0.507 e. The van der Waals surface area contributed by atoms with E-state index in [1.54, 1.807) is 23.6 Å². The van der Waals surface area contributed by atoms with Crippen LogP contribution in [0.1, 0.15) is 11.1 Å². The number of fused-ring (bicyclic) bond motifs is 1. The molecule has 0 saturated heterocycles. The van der Waals surface area contributed by atoms with E-state index >= 15 is 0 Å². The van der Waals surface area contributed by atoms with Gasteiger partial charge in [0.05, 0.1) is 0 Å². The van der Waals surface area contributed by atoms with Crippen molar-refractivity contribution in [3.05, 3.63) is 71.2 Å². The number of hydrogen-bond donors (Lipinski definition) is 1. The fourth-order valence-corrected chi connectivity index (χ4v) is 3.27. The van der Waals surface area contributed by atoms with Gasteiger partial charge in [-0.3, -0.25) is 0 Å². The van der Waals surface area contributed by atoms with Crippen molar-refractivity contribution < 1.29 is 9.84 Å². The number of benzene rings is 1. The number of aromatic nitrogens is 1. The van der Waals surface area contributed by atoms with Crippen molar-refractivity contribution in [2.45, 2.75) is 6.42 Å². The summed E-state index contributed by atoms with van der Waals surface area (Å²) >= 11 is 1.60. The molecule has 0 bridgehead atoms. The molecule has 4 rings (SSSR count). The molecule has 3 heterocycles. The molecular weight excluding hydrogens is 294 g/mol. The Morgan fingerprint density at radius 3 is 2.95 bits per heavy atom. The van der Waals surface area contributed by atoms with Gasteiger partial charge in [-0.05, 0) is 48.2 Å². The summed E-state index contributed by atoms with van der Waals surface area (Å²) in [6.45, 7) is 0. The third kappa shape index (κ3) is 2.27. The van der Waals surface area contributed by atoms with Gasteiger partial charge < -0.3 is 9.84 Å². The molecule has 1 N–H and O–H groups in total. The first-order valence-corrected chi connectivity index (χ1v) is 7.88. The molecule has 1 aromatic carbocycles. The van der Waals surface area contributed by atoms with E-state index in [4.69, 9.17) is 4.74 Å². The van der Waals surface area contributed by atoms with Crippen LogP contribution in [0.5, 0.6) is 11.6 Å². The third-order valence-corrected chi connectivity index (χ3v) is 4.53. The number of phenolic OH excluding ortho intramolecular Hbond substituents is 1. The van der Waals surface area contributed by atoms with E-state index in [2.05, 4.69) is 11.1 Å². The van der Waals surface area contributed by atoms with Crippen LogP contribution in [0.2, 0.25) is 0 Å². The number of nitrogens with zero attached hydrogens (tertiary/aromatic N) is 1. The lowest BCUT2D eigenvalue weighted by Gasteiger charge is -2.17. The van der Waals surface area contributed by atoms with Crippen molar-refractivity contribution in [2.24, 2.45) is 0 Å². The zero-order valence-electron chi connectivity index (χ0n) is 11.7. The summed E-state index contributed by atoms with van der Waals surface area (Å²) in [5.74, 6) is 1.72. The van der Waals surface area contributed by atoms with Gasteiger partial charge in [-0.1, -0.05) is 12.1 Å². The van der Waals surface area contributed by atoms with Crippen LogP contribution in [-0.2, 0) is 6.42 Å². The maximum Gasteiger partial charge on any atom is 0.222 e. The zero-order valence-corrected chi connectivity index (χ0v) is 12.5. The van der Waals surface area contributed by atoms with Crippen LogP contribution in [0.4, 0.5) is 0 Å². The first-order chi connectivity index (χ1) is 10.8. The van der Waals surface area contributed by atoms with Gasteiger partial charge in [0.1, 0.15) is 11.5 Å². The van der Waals surface area contributed by atoms with Crippen molar-refractivity contribution in [1.29, 1.82) is 0 Å². The third-order valence-electron chi connectivity index (χ3n) is 3.63. The maximum atomic E-state index is 10.1. The Morgan fingerprint density at radius 1 is 1.14 bits per heavy atom. The molecule has 0 aliphatic carbocycles. The molecule has 108 valence electrons. The fraction of sp³-hybridized carbons (Fsp3) is 0.0556. The van der Waals surface area contributed by atoms with E-state index < -0.39 is 0 Å². The predicted octanol–water partition coefficient (Wildman–Crippen LogP) is 4.49. The van der Waals surface area contributed by atoms with Gasteiger partial charge in [0.25, 0.3) is 0 Å². The molecule has 0 amide bonds. The molecule has 3 nitrogen and oxygen atoms in total. The highest BCUT2D eigenvalue weighted by molar-refractivity contribution is 7.13. The summed E-state index contributed by atoms with van der Waals surface area (Å²) in [6, 6.07) is 13.4. The van der Waals surface area contributed by atoms with Gasteiger partial charge in [-0.2, -0.15) is 0 Å². The van der Waals surface area contributed by atoms with Gasteiger partial charge in [-0.15, -0.1) is 11.3 Å². The Bertz CT molecular complexity index is 853. The first kappa shape index (κ1) is 13.1. The standard InChI is InChI=1S/C18H13NO2S/c20-15-7-5-13(11-14(15)17-4-2-10-22-17)16-8-6-12-3-1-9-19-18(12)21-16/h1-5,7-11,20H,6H2. The van der Waals surface area contributed by atoms with Crippen LogP contribution < -0.4 is 4.74 Å². The minimum Gasteiger partial charge on any atom is -0.507 e. The summed E-state index contributed by atoms with van der Waals surface area (Å²) in [4.78, 5) is 5.31. The molecule has 2 aromatic heterocycles. The highest BCUT2D eigenvalue weighted by Gasteiger charge is 2.16. The molecule has 22 heavy (non-hydrogen) atoms. The minimum absolute atomic E-state index is 0.279. The number of hydrogen-bond acceptors (Lipinski definition) is 4. The molecule has 1 aliphatic rings. The van der Waals surface area contributed by atoms with Gasteiger partial charge in [-0.25, -0.2) is 4.98 Å². The zero-order chi connectivity index (χ0) is 14.9. The second-order valence-corrected chi connectivity index (χ2v) is 6.00. The topological polar surface area (TPSA) is 42.4 Å². The summed E-state index contributed by atoms with van der Waals surface area (Å²) < 4.78 is 5.90. The fourth-order valence-electron chi connectivity index (χ4n) is 2.52. The number of aromatic hydroxyl groups is 1. The number of pyridine rings is 1. The number of thiophene rings is 1. The van der Waals surface area contributed by atoms with Gasteiger partial charge in [0.2, 0.25) is 5.88 Å². The quantitative estimate of drug-likeness (QED) is 0.758. The first-order valence-electron chi connectivity index (χ1n) is 7.00. The average Bonchev–Trinajstić information content (AvgIpc) is 3.09. The second kappa shape index (κ2) is 5.31. The van der Waals surface area contributed by atoms with E-state index in [1.807, 2.05) is 41.8 Å². The Morgan fingerprint density at radius 2 is 2.09 bits per heavy atom. The number of ether oxygens (including phenoxy) is 1. The lowest BCUT2D eigenvalue weighted by molar-refractivity contribution is 0.473. The monoisotopic (exact) mass is 307 g/mol. The van der Waals surface area contributed by atoms with E-state index in [0.717, 1.165) is 33.7 Å². The molecule has 0 atom stereocenters. The normalized spacial score (nSPS) is 13.2. The molecule has 4 heteroatoms. The van der Waals surface area contributed by atoms with Crippen molar-refractivity contribution in [3.8, 4) is 22.1 Å². The summed E-state index contributed by atoms with van der Waals surface area (Å²) in [7, 11) is 0. The van der Waals surface area contributed by atoms with E-state index in [-0.39, 0.29) is 5.75 Å². The van der Waals surface area contributed by atoms with Gasteiger partial charge >= 0.3 is 0 Å². The lowest BCUT2D eigenvalue weighted by Crippen LogP contribution is -2.05. The molecule has 0 fully saturated rings. The Hall–Kier alpha value is -2.59.